The molecule has 214 valence electrons. The van der Waals surface area contributed by atoms with E-state index in [1.54, 1.807) is 0 Å². The number of aromatic nitrogens is 3. The summed E-state index contributed by atoms with van der Waals surface area (Å²) in [7, 11) is -10.4. The Labute approximate surface area is 234 Å². The number of nitro benzene ring substituents is 2. The van der Waals surface area contributed by atoms with Crippen molar-refractivity contribution < 1.29 is 35.8 Å². The van der Waals surface area contributed by atoms with Gasteiger partial charge in [-0.15, -0.1) is 0 Å². The maximum Gasteiger partial charge on any atom is 0.299 e. The lowest BCUT2D eigenvalue weighted by Crippen LogP contribution is -2.12. The molecule has 0 unspecified atom stereocenters. The van der Waals surface area contributed by atoms with Crippen molar-refractivity contribution in [1.29, 1.82) is 0 Å². The molecule has 0 atom stereocenters. The minimum absolute atomic E-state index is 0.0339. The summed E-state index contributed by atoms with van der Waals surface area (Å²) in [6.07, 6.45) is 0.670. The molecule has 0 aliphatic heterocycles. The lowest BCUT2D eigenvalue weighted by atomic mass is 10.2. The van der Waals surface area contributed by atoms with Gasteiger partial charge in [0, 0.05) is 6.54 Å². The van der Waals surface area contributed by atoms with E-state index in [-0.39, 0.29) is 11.2 Å². The van der Waals surface area contributed by atoms with Gasteiger partial charge >= 0.3 is 0 Å². The predicted molar refractivity (Wildman–Crippen MR) is 141 cm³/mol. The summed E-state index contributed by atoms with van der Waals surface area (Å²) in [4.78, 5) is 30.1. The highest BCUT2D eigenvalue weighted by molar-refractivity contribution is 7.86. The fourth-order valence-electron chi connectivity index (χ4n) is 3.11. The molecule has 1 aromatic heterocycles. The van der Waals surface area contributed by atoms with Crippen molar-refractivity contribution in [3.05, 3.63) is 54.8 Å². The van der Waals surface area contributed by atoms with Crippen LogP contribution in [0.15, 0.2) is 34.1 Å². The van der Waals surface area contributed by atoms with Crippen molar-refractivity contribution >= 4 is 83.8 Å². The van der Waals surface area contributed by atoms with E-state index in [0.717, 1.165) is 0 Å². The van der Waals surface area contributed by atoms with E-state index < -0.39 is 79.3 Å². The summed E-state index contributed by atoms with van der Waals surface area (Å²) in [5, 5.41) is 29.1. The Morgan fingerprint density at radius 2 is 1.32 bits per heavy atom. The van der Waals surface area contributed by atoms with Gasteiger partial charge in [0.1, 0.15) is 20.5 Å². The van der Waals surface area contributed by atoms with Gasteiger partial charge in [-0.1, -0.05) is 18.5 Å². The average molecular weight is 639 g/mol. The van der Waals surface area contributed by atoms with Crippen LogP contribution < -0.4 is 16.0 Å². The number of halogens is 2. The van der Waals surface area contributed by atoms with Crippen LogP contribution in [0.5, 0.6) is 0 Å². The van der Waals surface area contributed by atoms with Gasteiger partial charge < -0.3 is 16.0 Å². The van der Waals surface area contributed by atoms with Crippen LogP contribution in [-0.4, -0.2) is 57.3 Å². The van der Waals surface area contributed by atoms with Crippen LogP contribution in [-0.2, 0) is 20.2 Å². The monoisotopic (exact) mass is 638 g/mol. The van der Waals surface area contributed by atoms with Gasteiger partial charge in [-0.2, -0.15) is 31.8 Å². The molecule has 0 saturated heterocycles. The molecule has 3 aromatic rings. The Morgan fingerprint density at radius 1 is 0.800 bits per heavy atom. The average Bonchev–Trinajstić information content (AvgIpc) is 2.81. The molecule has 40 heavy (non-hydrogen) atoms. The molecule has 0 radical (unpaired) electrons. The van der Waals surface area contributed by atoms with E-state index in [1.165, 1.54) is 0 Å². The van der Waals surface area contributed by atoms with Crippen LogP contribution in [0, 0.1) is 20.2 Å². The Morgan fingerprint density at radius 3 is 1.82 bits per heavy atom. The summed E-state index contributed by atoms with van der Waals surface area (Å²) >= 11 is 11.7. The van der Waals surface area contributed by atoms with Crippen molar-refractivity contribution in [2.75, 3.05) is 22.5 Å². The molecule has 18 nitrogen and oxygen atoms in total. The second kappa shape index (κ2) is 11.7. The quantitative estimate of drug-likeness (QED) is 0.113. The van der Waals surface area contributed by atoms with Crippen molar-refractivity contribution in [3.63, 3.8) is 0 Å². The van der Waals surface area contributed by atoms with Crippen molar-refractivity contribution in [1.82, 2.24) is 15.0 Å². The van der Waals surface area contributed by atoms with Crippen molar-refractivity contribution in [2.45, 2.75) is 23.1 Å². The predicted octanol–water partition coefficient (Wildman–Crippen LogP) is 3.80. The third-order valence-electron chi connectivity index (χ3n) is 4.75. The van der Waals surface area contributed by atoms with Gasteiger partial charge in [-0.05, 0) is 36.2 Å². The first-order valence-corrected chi connectivity index (χ1v) is 14.1. The highest BCUT2D eigenvalue weighted by Crippen LogP contribution is 2.40. The summed E-state index contributed by atoms with van der Waals surface area (Å²) in [6.45, 7) is 2.27. The van der Waals surface area contributed by atoms with Gasteiger partial charge in [0.2, 0.25) is 17.2 Å². The number of hydrogen-bond acceptors (Lipinski definition) is 14. The van der Waals surface area contributed by atoms with Crippen LogP contribution in [0.2, 0.25) is 10.3 Å². The van der Waals surface area contributed by atoms with Crippen LogP contribution in [0.1, 0.15) is 13.3 Å². The molecule has 0 fully saturated rings. The van der Waals surface area contributed by atoms with Crippen LogP contribution in [0.3, 0.4) is 0 Å². The molecular formula is C18H16Cl2N8O10S2. The normalized spacial score (nSPS) is 11.6. The zero-order valence-corrected chi connectivity index (χ0v) is 22.8. The number of nitrogens with zero attached hydrogens (tertiary/aromatic N) is 5. The molecule has 0 spiro atoms. The Balaban J connectivity index is 2.23. The summed E-state index contributed by atoms with van der Waals surface area (Å²) < 4.78 is 68.5. The second-order valence-electron chi connectivity index (χ2n) is 7.56. The Bertz CT molecular complexity index is 1740. The van der Waals surface area contributed by atoms with E-state index in [9.17, 15) is 46.2 Å². The smallest absolute Gasteiger partial charge is 0.299 e. The maximum atomic E-state index is 12.2. The number of nitrogens with one attached hydrogen (secondary N) is 3. The van der Waals surface area contributed by atoms with Gasteiger partial charge in [-0.3, -0.25) is 29.3 Å². The van der Waals surface area contributed by atoms with Crippen molar-refractivity contribution in [3.8, 4) is 0 Å². The number of hydrogen-bond donors (Lipinski definition) is 5. The molecule has 0 bridgehead atoms. The van der Waals surface area contributed by atoms with E-state index in [2.05, 4.69) is 30.9 Å². The summed E-state index contributed by atoms with van der Waals surface area (Å²) in [6, 6.07) is 2.25. The SMILES string of the molecule is CCCNc1nc(Cl)nc(Nc2cc(S(=O)(=O)O)c(Nc3cc(Cl)c([N+](=O)[O-])cc3[N+](=O)[O-])cc2S(=O)(=O)O)n1. The third kappa shape index (κ3) is 7.16. The molecule has 0 saturated carbocycles. The lowest BCUT2D eigenvalue weighted by Gasteiger charge is -2.16. The molecule has 22 heteroatoms. The highest BCUT2D eigenvalue weighted by atomic mass is 35.5. The first-order chi connectivity index (χ1) is 18.5. The fourth-order valence-corrected chi connectivity index (χ4v) is 4.81. The van der Waals surface area contributed by atoms with E-state index in [1.807, 2.05) is 6.92 Å². The van der Waals surface area contributed by atoms with Crippen LogP contribution in [0.25, 0.3) is 0 Å². The van der Waals surface area contributed by atoms with E-state index in [4.69, 9.17) is 23.2 Å². The highest BCUT2D eigenvalue weighted by Gasteiger charge is 2.28. The Hall–Kier alpha value is -3.95. The van der Waals surface area contributed by atoms with E-state index in [0.29, 0.717) is 37.2 Å². The van der Waals surface area contributed by atoms with E-state index >= 15 is 0 Å². The molecule has 0 amide bonds. The van der Waals surface area contributed by atoms with Crippen LogP contribution in [0.4, 0.5) is 40.3 Å². The molecule has 0 aliphatic rings. The molecule has 0 aliphatic carbocycles. The number of nitro groups is 2. The maximum absolute atomic E-state index is 12.2. The fraction of sp³-hybridized carbons (Fsp3) is 0.167. The standard InChI is InChI=1S/C18H16Cl2N8O10S2/c1-2-3-21-17-24-16(20)25-18(26-17)23-11-6-14(39(33,34)35)10(5-15(11)40(36,37)38)22-9-4-8(19)12(27(29)30)7-13(9)28(31)32/h4-7,22H,2-3H2,1H3,(H,33,34,35)(H,36,37,38)(H2,21,23,24,25,26). The molecule has 3 rings (SSSR count). The minimum Gasteiger partial charge on any atom is -0.354 e. The molecular weight excluding hydrogens is 623 g/mol. The zero-order valence-electron chi connectivity index (χ0n) is 19.7. The minimum atomic E-state index is -5.21. The summed E-state index contributed by atoms with van der Waals surface area (Å²) in [5.41, 5.74) is -3.90. The first-order valence-electron chi connectivity index (χ1n) is 10.5. The third-order valence-corrected chi connectivity index (χ3v) is 7.01. The topological polar surface area (TPSA) is 270 Å². The van der Waals surface area contributed by atoms with Crippen molar-refractivity contribution in [2.24, 2.45) is 0 Å². The lowest BCUT2D eigenvalue weighted by molar-refractivity contribution is -0.393. The van der Waals surface area contributed by atoms with Gasteiger partial charge in [-0.25, -0.2) is 0 Å². The Kier molecular flexibility index (Phi) is 8.91. The molecule has 5 N–H and O–H groups in total. The van der Waals surface area contributed by atoms with Gasteiger partial charge in [0.05, 0.1) is 27.3 Å². The number of benzene rings is 2. The zero-order chi connectivity index (χ0) is 30.0. The largest absolute Gasteiger partial charge is 0.354 e. The number of anilines is 5. The molecule has 2 aromatic carbocycles. The van der Waals surface area contributed by atoms with Gasteiger partial charge in [0.25, 0.3) is 31.6 Å². The van der Waals surface area contributed by atoms with Crippen LogP contribution >= 0.6 is 23.2 Å². The number of rotatable bonds is 11. The summed E-state index contributed by atoms with van der Waals surface area (Å²) in [5.74, 6) is -0.434. The van der Waals surface area contributed by atoms with Gasteiger partial charge in [0.15, 0.2) is 0 Å². The second-order valence-corrected chi connectivity index (χ2v) is 11.1. The first kappa shape index (κ1) is 30.6. The molecule has 1 heterocycles.